The van der Waals surface area contributed by atoms with Crippen LogP contribution in [0.1, 0.15) is 42.1 Å². The van der Waals surface area contributed by atoms with Crippen LogP contribution in [0.3, 0.4) is 0 Å². The molecule has 0 spiro atoms. The van der Waals surface area contributed by atoms with Crippen LogP contribution >= 0.6 is 0 Å². The molecule has 1 fully saturated rings. The molecule has 0 unspecified atom stereocenters. The third kappa shape index (κ3) is 1.56. The molecule has 82 valence electrons. The molecule has 1 N–H and O–H groups in total. The molecule has 5 nitrogen and oxygen atoms in total. The van der Waals surface area contributed by atoms with Gasteiger partial charge < -0.3 is 9.67 Å². The van der Waals surface area contributed by atoms with Crippen LogP contribution in [0.15, 0.2) is 0 Å². The van der Waals surface area contributed by atoms with Crippen LogP contribution in [0.5, 0.6) is 0 Å². The second-order valence-electron chi connectivity index (χ2n) is 4.20. The molecule has 1 aromatic heterocycles. The maximum absolute atomic E-state index is 12.0. The van der Waals surface area contributed by atoms with E-state index < -0.39 is 5.60 Å². The van der Waals surface area contributed by atoms with Gasteiger partial charge in [0.2, 0.25) is 11.6 Å². The van der Waals surface area contributed by atoms with Crippen molar-refractivity contribution in [1.29, 1.82) is 0 Å². The number of carbonyl (C=O) groups is 1. The number of ketones is 1. The molecule has 1 aromatic rings. The first-order chi connectivity index (χ1) is 7.04. The molecule has 5 heteroatoms. The van der Waals surface area contributed by atoms with E-state index in [1.54, 1.807) is 18.5 Å². The lowest BCUT2D eigenvalue weighted by molar-refractivity contribution is 0.0338. The number of hydrogen-bond donors (Lipinski definition) is 1. The predicted octanol–water partition coefficient (Wildman–Crippen LogP) is 0.611. The van der Waals surface area contributed by atoms with Gasteiger partial charge in [0.25, 0.3) is 0 Å². The Bertz CT molecular complexity index is 391. The lowest BCUT2D eigenvalue weighted by atomic mass is 9.96. The van der Waals surface area contributed by atoms with Gasteiger partial charge in [-0.2, -0.15) is 0 Å². The molecule has 1 saturated carbocycles. The summed E-state index contributed by atoms with van der Waals surface area (Å²) in [7, 11) is 1.74. The third-order valence-electron chi connectivity index (χ3n) is 3.15. The summed E-state index contributed by atoms with van der Waals surface area (Å²) in [4.78, 5) is 12.0. The third-order valence-corrected chi connectivity index (χ3v) is 3.15. The SMILES string of the molecule is Cc1nnc(C(=O)C2(O)CCCC2)n1C. The summed E-state index contributed by atoms with van der Waals surface area (Å²) >= 11 is 0. The highest BCUT2D eigenvalue weighted by Crippen LogP contribution is 2.32. The minimum absolute atomic E-state index is 0.261. The van der Waals surface area contributed by atoms with E-state index in [4.69, 9.17) is 0 Å². The molecule has 0 radical (unpaired) electrons. The molecule has 0 atom stereocenters. The first-order valence-corrected chi connectivity index (χ1v) is 5.18. The van der Waals surface area contributed by atoms with E-state index in [0.29, 0.717) is 18.7 Å². The fourth-order valence-corrected chi connectivity index (χ4v) is 2.00. The van der Waals surface area contributed by atoms with E-state index in [1.165, 1.54) is 0 Å². The quantitative estimate of drug-likeness (QED) is 0.725. The van der Waals surface area contributed by atoms with Gasteiger partial charge in [-0.25, -0.2) is 0 Å². The molecular weight excluding hydrogens is 194 g/mol. The molecule has 0 aliphatic heterocycles. The molecule has 0 bridgehead atoms. The van der Waals surface area contributed by atoms with Crippen LogP contribution < -0.4 is 0 Å². The number of nitrogens with zero attached hydrogens (tertiary/aromatic N) is 3. The summed E-state index contributed by atoms with van der Waals surface area (Å²) in [6.45, 7) is 1.78. The lowest BCUT2D eigenvalue weighted by Gasteiger charge is -2.19. The molecule has 0 saturated heterocycles. The summed E-state index contributed by atoms with van der Waals surface area (Å²) in [6.07, 6.45) is 2.88. The number of aryl methyl sites for hydroxylation is 1. The van der Waals surface area contributed by atoms with Crippen LogP contribution in [0, 0.1) is 6.92 Å². The van der Waals surface area contributed by atoms with Gasteiger partial charge in [-0.3, -0.25) is 4.79 Å². The predicted molar refractivity (Wildman–Crippen MR) is 53.5 cm³/mol. The zero-order chi connectivity index (χ0) is 11.1. The van der Waals surface area contributed by atoms with Crippen LogP contribution in [-0.4, -0.2) is 31.3 Å². The average Bonchev–Trinajstić information content (AvgIpc) is 2.77. The number of rotatable bonds is 2. The van der Waals surface area contributed by atoms with E-state index in [2.05, 4.69) is 10.2 Å². The normalized spacial score (nSPS) is 19.4. The summed E-state index contributed by atoms with van der Waals surface area (Å²) in [5.74, 6) is 0.653. The van der Waals surface area contributed by atoms with Gasteiger partial charge in [0, 0.05) is 7.05 Å². The molecule has 1 aliphatic rings. The Labute approximate surface area is 88.1 Å². The Kier molecular flexibility index (Phi) is 2.34. The van der Waals surface area contributed by atoms with Crippen molar-refractivity contribution in [2.45, 2.75) is 38.2 Å². The fourth-order valence-electron chi connectivity index (χ4n) is 2.00. The Hall–Kier alpha value is -1.23. The Morgan fingerprint density at radius 3 is 2.47 bits per heavy atom. The van der Waals surface area contributed by atoms with Gasteiger partial charge in [0.05, 0.1) is 0 Å². The molecule has 1 heterocycles. The van der Waals surface area contributed by atoms with Gasteiger partial charge in [0.1, 0.15) is 11.4 Å². The second-order valence-corrected chi connectivity index (χ2v) is 4.20. The minimum atomic E-state index is -1.20. The minimum Gasteiger partial charge on any atom is -0.382 e. The zero-order valence-electron chi connectivity index (χ0n) is 9.03. The second kappa shape index (κ2) is 3.41. The summed E-state index contributed by atoms with van der Waals surface area (Å²) < 4.78 is 1.62. The first kappa shape index (κ1) is 10.3. The first-order valence-electron chi connectivity index (χ1n) is 5.18. The van der Waals surface area contributed by atoms with Gasteiger partial charge in [-0.15, -0.1) is 10.2 Å². The van der Waals surface area contributed by atoms with Crippen molar-refractivity contribution in [3.8, 4) is 0 Å². The highest BCUT2D eigenvalue weighted by Gasteiger charge is 2.41. The van der Waals surface area contributed by atoms with Gasteiger partial charge >= 0.3 is 0 Å². The number of aromatic nitrogens is 3. The monoisotopic (exact) mass is 209 g/mol. The number of Topliss-reactive ketones (excluding diaryl/α,β-unsaturated/α-hetero) is 1. The van der Waals surface area contributed by atoms with Crippen molar-refractivity contribution in [3.05, 3.63) is 11.6 Å². The van der Waals surface area contributed by atoms with Crippen LogP contribution in [0.25, 0.3) is 0 Å². The maximum atomic E-state index is 12.0. The number of hydrogen-bond acceptors (Lipinski definition) is 4. The highest BCUT2D eigenvalue weighted by atomic mass is 16.3. The van der Waals surface area contributed by atoms with E-state index in [9.17, 15) is 9.90 Å². The van der Waals surface area contributed by atoms with E-state index >= 15 is 0 Å². The maximum Gasteiger partial charge on any atom is 0.231 e. The van der Waals surface area contributed by atoms with Gasteiger partial charge in [0.15, 0.2) is 0 Å². The number of carbonyl (C=O) groups excluding carboxylic acids is 1. The van der Waals surface area contributed by atoms with Crippen LogP contribution in [0.2, 0.25) is 0 Å². The Balaban J connectivity index is 2.32. The molecule has 2 rings (SSSR count). The van der Waals surface area contributed by atoms with Crippen LogP contribution in [0.4, 0.5) is 0 Å². The molecule has 0 aromatic carbocycles. The Morgan fingerprint density at radius 1 is 1.40 bits per heavy atom. The van der Waals surface area contributed by atoms with Gasteiger partial charge in [-0.1, -0.05) is 0 Å². The summed E-state index contributed by atoms with van der Waals surface area (Å²) in [6, 6.07) is 0. The molecule has 0 amide bonds. The van der Waals surface area contributed by atoms with E-state index in [-0.39, 0.29) is 11.6 Å². The lowest BCUT2D eigenvalue weighted by Crippen LogP contribution is -2.37. The molecular formula is C10H15N3O2. The zero-order valence-corrected chi connectivity index (χ0v) is 9.03. The van der Waals surface area contributed by atoms with Crippen molar-refractivity contribution < 1.29 is 9.90 Å². The summed E-state index contributed by atoms with van der Waals surface area (Å²) in [5, 5.41) is 17.7. The number of aliphatic hydroxyl groups is 1. The topological polar surface area (TPSA) is 68.0 Å². The Morgan fingerprint density at radius 2 is 2.00 bits per heavy atom. The largest absolute Gasteiger partial charge is 0.382 e. The van der Waals surface area contributed by atoms with E-state index in [0.717, 1.165) is 12.8 Å². The average molecular weight is 209 g/mol. The highest BCUT2D eigenvalue weighted by molar-refractivity contribution is 5.99. The van der Waals surface area contributed by atoms with Crippen molar-refractivity contribution in [3.63, 3.8) is 0 Å². The van der Waals surface area contributed by atoms with Crippen molar-refractivity contribution in [1.82, 2.24) is 14.8 Å². The van der Waals surface area contributed by atoms with Crippen LogP contribution in [-0.2, 0) is 7.05 Å². The molecule has 1 aliphatic carbocycles. The van der Waals surface area contributed by atoms with Crippen molar-refractivity contribution >= 4 is 5.78 Å². The van der Waals surface area contributed by atoms with E-state index in [1.807, 2.05) is 0 Å². The smallest absolute Gasteiger partial charge is 0.231 e. The molecule has 15 heavy (non-hydrogen) atoms. The summed E-state index contributed by atoms with van der Waals surface area (Å²) in [5.41, 5.74) is -1.20. The standard InChI is InChI=1S/C10H15N3O2/c1-7-11-12-9(13(7)2)8(14)10(15)5-3-4-6-10/h15H,3-6H2,1-2H3. The van der Waals surface area contributed by atoms with Crippen molar-refractivity contribution in [2.24, 2.45) is 7.05 Å². The van der Waals surface area contributed by atoms with Gasteiger partial charge in [-0.05, 0) is 32.6 Å². The van der Waals surface area contributed by atoms with Crippen molar-refractivity contribution in [2.75, 3.05) is 0 Å². The fraction of sp³-hybridized carbons (Fsp3) is 0.700.